The maximum absolute atomic E-state index is 13.0. The Bertz CT molecular complexity index is 385. The topological polar surface area (TPSA) is 70.6 Å². The van der Waals surface area contributed by atoms with Crippen molar-refractivity contribution in [3.05, 3.63) is 24.0 Å². The van der Waals surface area contributed by atoms with E-state index >= 15 is 0 Å². The number of hydrogen-bond acceptors (Lipinski definition) is 3. The fraction of sp³-hybridized carbons (Fsp3) is 0.364. The van der Waals surface area contributed by atoms with Gasteiger partial charge < -0.3 is 20.5 Å². The number of carbonyl (C=O) groups excluding carboxylic acids is 1. The second-order valence-electron chi connectivity index (χ2n) is 3.30. The van der Waals surface area contributed by atoms with Crippen LogP contribution in [0.25, 0.3) is 0 Å². The Morgan fingerprint density at radius 1 is 1.53 bits per heavy atom. The van der Waals surface area contributed by atoms with Crippen molar-refractivity contribution in [2.45, 2.75) is 6.42 Å². The highest BCUT2D eigenvalue weighted by Gasteiger charge is 2.07. The number of methoxy groups -OCH3 is 1. The third kappa shape index (κ3) is 4.28. The monoisotopic (exact) mass is 242 g/mol. The summed E-state index contributed by atoms with van der Waals surface area (Å²) in [6, 6.07) is 3.37. The van der Waals surface area contributed by atoms with Crippen LogP contribution in [0.15, 0.2) is 18.2 Å². The van der Waals surface area contributed by atoms with E-state index in [-0.39, 0.29) is 12.3 Å². The van der Waals surface area contributed by atoms with E-state index in [9.17, 15) is 9.18 Å². The predicted molar refractivity (Wildman–Crippen MR) is 61.7 cm³/mol. The number of ether oxygens (including phenoxy) is 1. The molecule has 0 aromatic heterocycles. The van der Waals surface area contributed by atoms with E-state index in [1.54, 1.807) is 0 Å². The van der Waals surface area contributed by atoms with E-state index in [1.165, 1.54) is 25.3 Å². The molecule has 0 saturated heterocycles. The summed E-state index contributed by atoms with van der Waals surface area (Å²) in [5, 5.41) is 13.5. The summed E-state index contributed by atoms with van der Waals surface area (Å²) in [5.41, 5.74) is 0.258. The molecule has 2 amide bonds. The van der Waals surface area contributed by atoms with Gasteiger partial charge in [-0.2, -0.15) is 0 Å². The number of carbonyl (C=O) groups is 1. The van der Waals surface area contributed by atoms with Crippen molar-refractivity contribution in [1.29, 1.82) is 0 Å². The lowest BCUT2D eigenvalue weighted by Crippen LogP contribution is -2.30. The van der Waals surface area contributed by atoms with Crippen LogP contribution < -0.4 is 15.4 Å². The van der Waals surface area contributed by atoms with Gasteiger partial charge in [-0.25, -0.2) is 9.18 Å². The first-order valence-electron chi connectivity index (χ1n) is 5.16. The molecule has 0 radical (unpaired) electrons. The predicted octanol–water partition coefficient (Wildman–Crippen LogP) is 1.34. The molecule has 0 spiro atoms. The molecule has 1 rings (SSSR count). The zero-order valence-electron chi connectivity index (χ0n) is 9.50. The standard InChI is InChI=1S/C11H15FN2O3/c1-17-10-4-3-8(12)7-9(10)14-11(16)13-5-2-6-15/h3-4,7,15H,2,5-6H2,1H3,(H2,13,14,16). The molecule has 1 aromatic carbocycles. The van der Waals surface area contributed by atoms with Gasteiger partial charge in [-0.15, -0.1) is 0 Å². The minimum Gasteiger partial charge on any atom is -0.495 e. The summed E-state index contributed by atoms with van der Waals surface area (Å²) in [6.07, 6.45) is 0.466. The van der Waals surface area contributed by atoms with Crippen molar-refractivity contribution >= 4 is 11.7 Å². The summed E-state index contributed by atoms with van der Waals surface area (Å²) < 4.78 is 18.0. The Kier molecular flexibility index (Phi) is 5.22. The van der Waals surface area contributed by atoms with E-state index in [1.807, 2.05) is 0 Å². The Morgan fingerprint density at radius 2 is 2.29 bits per heavy atom. The van der Waals surface area contributed by atoms with Gasteiger partial charge in [0.25, 0.3) is 0 Å². The Labute approximate surface area is 98.6 Å². The van der Waals surface area contributed by atoms with Crippen molar-refractivity contribution in [3.63, 3.8) is 0 Å². The van der Waals surface area contributed by atoms with Crippen LogP contribution in [0.4, 0.5) is 14.9 Å². The normalized spacial score (nSPS) is 9.82. The lowest BCUT2D eigenvalue weighted by atomic mass is 10.3. The number of amides is 2. The molecule has 3 N–H and O–H groups in total. The molecule has 0 heterocycles. The molecule has 0 aliphatic rings. The third-order valence-electron chi connectivity index (χ3n) is 2.03. The Balaban J connectivity index is 2.60. The van der Waals surface area contributed by atoms with Gasteiger partial charge in [-0.3, -0.25) is 0 Å². The van der Waals surface area contributed by atoms with Crippen molar-refractivity contribution in [2.75, 3.05) is 25.6 Å². The maximum Gasteiger partial charge on any atom is 0.319 e. The Hall–Kier alpha value is -1.82. The summed E-state index contributed by atoms with van der Waals surface area (Å²) in [4.78, 5) is 11.4. The molecule has 0 aliphatic carbocycles. The molecule has 17 heavy (non-hydrogen) atoms. The molecule has 0 atom stereocenters. The van der Waals surface area contributed by atoms with Gasteiger partial charge in [0, 0.05) is 19.2 Å². The number of urea groups is 1. The summed E-state index contributed by atoms with van der Waals surface area (Å²) in [5.74, 6) is -0.0832. The summed E-state index contributed by atoms with van der Waals surface area (Å²) in [7, 11) is 1.43. The fourth-order valence-electron chi connectivity index (χ4n) is 1.23. The van der Waals surface area contributed by atoms with Crippen LogP contribution in [0.1, 0.15) is 6.42 Å². The van der Waals surface area contributed by atoms with E-state index in [0.29, 0.717) is 18.7 Å². The largest absolute Gasteiger partial charge is 0.495 e. The van der Waals surface area contributed by atoms with Crippen LogP contribution in [0.3, 0.4) is 0 Å². The van der Waals surface area contributed by atoms with Crippen molar-refractivity contribution in [1.82, 2.24) is 5.32 Å². The number of hydrogen-bond donors (Lipinski definition) is 3. The lowest BCUT2D eigenvalue weighted by Gasteiger charge is -2.10. The van der Waals surface area contributed by atoms with Crippen LogP contribution >= 0.6 is 0 Å². The zero-order chi connectivity index (χ0) is 12.7. The van der Waals surface area contributed by atoms with Gasteiger partial charge in [-0.05, 0) is 18.6 Å². The molecule has 6 heteroatoms. The number of aliphatic hydroxyl groups excluding tert-OH is 1. The first-order valence-corrected chi connectivity index (χ1v) is 5.16. The first kappa shape index (κ1) is 13.2. The molecule has 1 aromatic rings. The average Bonchev–Trinajstić information content (AvgIpc) is 2.29. The molecule has 0 bridgehead atoms. The lowest BCUT2D eigenvalue weighted by molar-refractivity contribution is 0.248. The van der Waals surface area contributed by atoms with E-state index in [2.05, 4.69) is 10.6 Å². The van der Waals surface area contributed by atoms with Gasteiger partial charge in [0.15, 0.2) is 0 Å². The van der Waals surface area contributed by atoms with Crippen LogP contribution in [-0.4, -0.2) is 31.4 Å². The van der Waals surface area contributed by atoms with E-state index in [4.69, 9.17) is 9.84 Å². The Morgan fingerprint density at radius 3 is 2.94 bits per heavy atom. The molecular formula is C11H15FN2O3. The fourth-order valence-corrected chi connectivity index (χ4v) is 1.23. The van der Waals surface area contributed by atoms with Gasteiger partial charge in [0.2, 0.25) is 0 Å². The van der Waals surface area contributed by atoms with Gasteiger partial charge in [0.05, 0.1) is 12.8 Å². The number of nitrogens with one attached hydrogen (secondary N) is 2. The van der Waals surface area contributed by atoms with Crippen LogP contribution in [0.2, 0.25) is 0 Å². The molecule has 94 valence electrons. The number of anilines is 1. The second kappa shape index (κ2) is 6.70. The number of benzene rings is 1. The average molecular weight is 242 g/mol. The van der Waals surface area contributed by atoms with E-state index in [0.717, 1.165) is 0 Å². The van der Waals surface area contributed by atoms with Crippen LogP contribution in [0.5, 0.6) is 5.75 Å². The molecule has 0 fully saturated rings. The number of aliphatic hydroxyl groups is 1. The van der Waals surface area contributed by atoms with Gasteiger partial charge >= 0.3 is 6.03 Å². The highest BCUT2D eigenvalue weighted by atomic mass is 19.1. The molecule has 5 nitrogen and oxygen atoms in total. The zero-order valence-corrected chi connectivity index (χ0v) is 9.50. The van der Waals surface area contributed by atoms with E-state index < -0.39 is 11.8 Å². The van der Waals surface area contributed by atoms with Crippen molar-refractivity contribution in [3.8, 4) is 5.75 Å². The second-order valence-corrected chi connectivity index (χ2v) is 3.30. The number of rotatable bonds is 5. The number of halogens is 1. The molecule has 0 aliphatic heterocycles. The van der Waals surface area contributed by atoms with Crippen LogP contribution in [0, 0.1) is 5.82 Å². The third-order valence-corrected chi connectivity index (χ3v) is 2.03. The smallest absolute Gasteiger partial charge is 0.319 e. The van der Waals surface area contributed by atoms with Crippen molar-refractivity contribution in [2.24, 2.45) is 0 Å². The molecule has 0 unspecified atom stereocenters. The van der Waals surface area contributed by atoms with Crippen molar-refractivity contribution < 1.29 is 19.0 Å². The van der Waals surface area contributed by atoms with Crippen LogP contribution in [-0.2, 0) is 0 Å². The summed E-state index contributed by atoms with van der Waals surface area (Å²) >= 11 is 0. The first-order chi connectivity index (χ1) is 8.17. The van der Waals surface area contributed by atoms with Gasteiger partial charge in [0.1, 0.15) is 11.6 Å². The minimum atomic E-state index is -0.470. The maximum atomic E-state index is 13.0. The summed E-state index contributed by atoms with van der Waals surface area (Å²) in [6.45, 7) is 0.351. The van der Waals surface area contributed by atoms with Gasteiger partial charge in [-0.1, -0.05) is 0 Å². The highest BCUT2D eigenvalue weighted by Crippen LogP contribution is 2.24. The quantitative estimate of drug-likeness (QED) is 0.682. The SMILES string of the molecule is COc1ccc(F)cc1NC(=O)NCCCO. The molecular weight excluding hydrogens is 227 g/mol. The molecule has 0 saturated carbocycles. The highest BCUT2D eigenvalue weighted by molar-refractivity contribution is 5.90. The minimum absolute atomic E-state index is 0.00354.